The number of ether oxygens (including phenoxy) is 1. The van der Waals surface area contributed by atoms with Crippen LogP contribution in [-0.4, -0.2) is 50.8 Å². The average Bonchev–Trinajstić information content (AvgIpc) is 3.25. The molecule has 0 saturated heterocycles. The Morgan fingerprint density at radius 3 is 2.29 bits per heavy atom. The molecule has 0 spiro atoms. The van der Waals surface area contributed by atoms with E-state index >= 15 is 0 Å². The lowest BCUT2D eigenvalue weighted by Gasteiger charge is -2.29. The molecule has 0 aromatic heterocycles. The largest absolute Gasteiger partial charge is 0.497 e. The molecule has 9 nitrogen and oxygen atoms in total. The highest BCUT2D eigenvalue weighted by Gasteiger charge is 2.37. The Labute approximate surface area is 221 Å². The number of nitrogens with zero attached hydrogens (tertiary/aromatic N) is 2. The first-order valence-electron chi connectivity index (χ1n) is 12.0. The van der Waals surface area contributed by atoms with E-state index < -0.39 is 34.5 Å². The van der Waals surface area contributed by atoms with Crippen LogP contribution in [0.15, 0.2) is 59.5 Å². The normalized spacial score (nSPS) is 13.6. The van der Waals surface area contributed by atoms with Crippen LogP contribution in [0.4, 0.5) is 11.4 Å². The second kappa shape index (κ2) is 10.4. The molecule has 2 N–H and O–H groups in total. The summed E-state index contributed by atoms with van der Waals surface area (Å²) in [6.07, 6.45) is 0.344. The number of rotatable bonds is 9. The second-order valence-corrected chi connectivity index (χ2v) is 11.2. The Kier molecular flexibility index (Phi) is 7.37. The van der Waals surface area contributed by atoms with Crippen molar-refractivity contribution >= 4 is 33.3 Å². The van der Waals surface area contributed by atoms with Crippen molar-refractivity contribution in [3.63, 3.8) is 0 Å². The van der Waals surface area contributed by atoms with Crippen molar-refractivity contribution in [1.29, 1.82) is 0 Å². The maximum Gasteiger partial charge on any atom is 0.331 e. The zero-order valence-corrected chi connectivity index (χ0v) is 22.4. The Hall–Kier alpha value is -4.05. The summed E-state index contributed by atoms with van der Waals surface area (Å²) in [4.78, 5) is 26.1. The SMILES string of the molecule is COc1cccc(C(C(=O)O)N2CCc3c2cccc3N(CC(=O)O)S(=O)(=O)c2c(C)cc(C)cc2C)c1. The summed E-state index contributed by atoms with van der Waals surface area (Å²) in [6.45, 7) is 4.78. The van der Waals surface area contributed by atoms with E-state index in [1.54, 1.807) is 73.3 Å². The van der Waals surface area contributed by atoms with Gasteiger partial charge in [0.25, 0.3) is 10.0 Å². The fourth-order valence-electron chi connectivity index (χ4n) is 5.32. The van der Waals surface area contributed by atoms with E-state index in [1.165, 1.54) is 7.11 Å². The summed E-state index contributed by atoms with van der Waals surface area (Å²) in [7, 11) is -2.76. The van der Waals surface area contributed by atoms with Crippen LogP contribution in [0.1, 0.15) is 33.9 Å². The highest BCUT2D eigenvalue weighted by molar-refractivity contribution is 7.93. The first-order chi connectivity index (χ1) is 17.9. The molecule has 3 aromatic rings. The van der Waals surface area contributed by atoms with Crippen LogP contribution in [0.25, 0.3) is 0 Å². The van der Waals surface area contributed by atoms with Gasteiger partial charge in [-0.15, -0.1) is 0 Å². The molecule has 0 bridgehead atoms. The summed E-state index contributed by atoms with van der Waals surface area (Å²) >= 11 is 0. The number of hydrogen-bond acceptors (Lipinski definition) is 6. The molecule has 38 heavy (non-hydrogen) atoms. The molecular weight excluding hydrogens is 508 g/mol. The van der Waals surface area contributed by atoms with E-state index in [0.717, 1.165) is 9.87 Å². The van der Waals surface area contributed by atoms with Gasteiger partial charge < -0.3 is 19.8 Å². The van der Waals surface area contributed by atoms with Crippen molar-refractivity contribution in [3.8, 4) is 5.75 Å². The summed E-state index contributed by atoms with van der Waals surface area (Å²) < 4.78 is 34.1. The number of hydrogen-bond donors (Lipinski definition) is 2. The van der Waals surface area contributed by atoms with Gasteiger partial charge >= 0.3 is 11.9 Å². The molecule has 1 atom stereocenters. The number of carbonyl (C=O) groups is 2. The van der Waals surface area contributed by atoms with Crippen molar-refractivity contribution < 1.29 is 33.0 Å². The van der Waals surface area contributed by atoms with Gasteiger partial charge in [0.2, 0.25) is 0 Å². The van der Waals surface area contributed by atoms with Crippen LogP contribution in [0.3, 0.4) is 0 Å². The summed E-state index contributed by atoms with van der Waals surface area (Å²) in [5.41, 5.74) is 3.80. The van der Waals surface area contributed by atoms with Crippen molar-refractivity contribution in [3.05, 3.63) is 82.4 Å². The molecule has 1 aliphatic heterocycles. The smallest absolute Gasteiger partial charge is 0.331 e. The van der Waals surface area contributed by atoms with Gasteiger partial charge in [0, 0.05) is 17.8 Å². The number of methoxy groups -OCH3 is 1. The van der Waals surface area contributed by atoms with E-state index in [-0.39, 0.29) is 10.6 Å². The summed E-state index contributed by atoms with van der Waals surface area (Å²) in [6, 6.07) is 14.2. The Morgan fingerprint density at radius 1 is 1.03 bits per heavy atom. The summed E-state index contributed by atoms with van der Waals surface area (Å²) in [5, 5.41) is 19.9. The van der Waals surface area contributed by atoms with Crippen LogP contribution in [0.5, 0.6) is 5.75 Å². The second-order valence-electron chi connectivity index (χ2n) is 9.37. The molecule has 0 amide bonds. The number of fused-ring (bicyclic) bond motifs is 1. The van der Waals surface area contributed by atoms with E-state index in [4.69, 9.17) is 4.74 Å². The molecule has 0 aliphatic carbocycles. The molecule has 200 valence electrons. The fourth-order valence-corrected chi connectivity index (χ4v) is 7.18. The summed E-state index contributed by atoms with van der Waals surface area (Å²) in [5.74, 6) is -1.86. The molecule has 0 saturated carbocycles. The quantitative estimate of drug-likeness (QED) is 0.418. The zero-order valence-electron chi connectivity index (χ0n) is 21.6. The highest BCUT2D eigenvalue weighted by Crippen LogP contribution is 2.42. The maximum absolute atomic E-state index is 14.0. The molecule has 10 heteroatoms. The third-order valence-electron chi connectivity index (χ3n) is 6.69. The van der Waals surface area contributed by atoms with Gasteiger partial charge in [-0.05, 0) is 68.1 Å². The van der Waals surface area contributed by atoms with E-state index in [2.05, 4.69) is 0 Å². The third kappa shape index (κ3) is 4.91. The topological polar surface area (TPSA) is 124 Å². The molecular formula is C28H30N2O7S. The van der Waals surface area contributed by atoms with Gasteiger partial charge in [0.1, 0.15) is 12.3 Å². The first-order valence-corrected chi connectivity index (χ1v) is 13.5. The van der Waals surface area contributed by atoms with Gasteiger partial charge in [-0.1, -0.05) is 35.9 Å². The number of carboxylic acid groups (broad SMARTS) is 2. The molecule has 0 radical (unpaired) electrons. The van der Waals surface area contributed by atoms with Crippen molar-refractivity contribution in [2.45, 2.75) is 38.1 Å². The molecule has 1 aliphatic rings. The minimum atomic E-state index is -4.26. The van der Waals surface area contributed by atoms with Crippen molar-refractivity contribution in [2.24, 2.45) is 0 Å². The van der Waals surface area contributed by atoms with Gasteiger partial charge in [-0.2, -0.15) is 0 Å². The van der Waals surface area contributed by atoms with Crippen LogP contribution >= 0.6 is 0 Å². The van der Waals surface area contributed by atoms with Crippen LogP contribution < -0.4 is 13.9 Å². The number of anilines is 2. The zero-order chi connectivity index (χ0) is 27.8. The van der Waals surface area contributed by atoms with Crippen molar-refractivity contribution in [2.75, 3.05) is 29.4 Å². The number of aryl methyl sites for hydroxylation is 3. The molecule has 4 rings (SSSR count). The van der Waals surface area contributed by atoms with Gasteiger partial charge in [-0.3, -0.25) is 9.10 Å². The van der Waals surface area contributed by atoms with Gasteiger partial charge in [0.15, 0.2) is 6.04 Å². The maximum atomic E-state index is 14.0. The number of sulfonamides is 1. The predicted molar refractivity (Wildman–Crippen MR) is 144 cm³/mol. The third-order valence-corrected chi connectivity index (χ3v) is 8.76. The molecule has 0 fully saturated rings. The van der Waals surface area contributed by atoms with Gasteiger partial charge in [0.05, 0.1) is 17.7 Å². The number of carboxylic acids is 2. The molecule has 3 aromatic carbocycles. The lowest BCUT2D eigenvalue weighted by atomic mass is 10.0. The Bertz CT molecular complexity index is 1490. The monoisotopic (exact) mass is 538 g/mol. The van der Waals surface area contributed by atoms with Crippen LogP contribution in [0.2, 0.25) is 0 Å². The Balaban J connectivity index is 1.85. The lowest BCUT2D eigenvalue weighted by Crippen LogP contribution is -2.37. The standard InChI is InChI=1S/C28H30N2O7S/c1-17-13-18(2)27(19(3)14-17)38(35,36)30(16-25(31)32)24-10-6-9-23-22(24)11-12-29(23)26(28(33)34)20-7-5-8-21(15-20)37-4/h5-10,13-15,26H,11-12,16H2,1-4H3,(H,31,32)(H,33,34). The number of benzene rings is 3. The minimum Gasteiger partial charge on any atom is -0.497 e. The first kappa shape index (κ1) is 27.0. The molecule has 1 unspecified atom stereocenters. The fraction of sp³-hybridized carbons (Fsp3) is 0.286. The van der Waals surface area contributed by atoms with E-state index in [0.29, 0.717) is 46.7 Å². The van der Waals surface area contributed by atoms with E-state index in [1.807, 2.05) is 6.92 Å². The van der Waals surface area contributed by atoms with Crippen LogP contribution in [-0.2, 0) is 26.0 Å². The highest BCUT2D eigenvalue weighted by atomic mass is 32.2. The van der Waals surface area contributed by atoms with E-state index in [9.17, 15) is 28.2 Å². The average molecular weight is 539 g/mol. The lowest BCUT2D eigenvalue weighted by molar-refractivity contribution is -0.139. The Morgan fingerprint density at radius 2 is 1.68 bits per heavy atom. The molecule has 1 heterocycles. The van der Waals surface area contributed by atoms with Gasteiger partial charge in [-0.25, -0.2) is 13.2 Å². The van der Waals surface area contributed by atoms with Crippen LogP contribution in [0, 0.1) is 20.8 Å². The number of aliphatic carboxylic acids is 2. The minimum absolute atomic E-state index is 0.0663. The van der Waals surface area contributed by atoms with Crippen molar-refractivity contribution in [1.82, 2.24) is 0 Å². The predicted octanol–water partition coefficient (Wildman–Crippen LogP) is 4.09.